The molecule has 0 aromatic carbocycles. The summed E-state index contributed by atoms with van der Waals surface area (Å²) in [5.74, 6) is 0. The van der Waals surface area contributed by atoms with Crippen LogP contribution in [0.2, 0.25) is 0 Å². The van der Waals surface area contributed by atoms with E-state index in [0.717, 1.165) is 19.5 Å². The van der Waals surface area contributed by atoms with E-state index in [1.54, 1.807) is 0 Å². The van der Waals surface area contributed by atoms with Gasteiger partial charge in [-0.3, -0.25) is 0 Å². The second-order valence-electron chi connectivity index (χ2n) is 3.22. The molecule has 0 radical (unpaired) electrons. The van der Waals surface area contributed by atoms with E-state index in [-0.39, 0.29) is 0 Å². The van der Waals surface area contributed by atoms with Crippen molar-refractivity contribution in [1.29, 1.82) is 0 Å². The van der Waals surface area contributed by atoms with Gasteiger partial charge in [0.1, 0.15) is 0 Å². The second kappa shape index (κ2) is 8.02. The summed E-state index contributed by atoms with van der Waals surface area (Å²) in [7, 11) is 0. The molecule has 2 heteroatoms. The third kappa shape index (κ3) is 9.92. The van der Waals surface area contributed by atoms with Crippen LogP contribution in [0.15, 0.2) is 0 Å². The first kappa shape index (κ1) is 10.9. The Bertz CT molecular complexity index is 72.0. The van der Waals surface area contributed by atoms with Gasteiger partial charge in [0.05, 0.1) is 0 Å². The quantitative estimate of drug-likeness (QED) is 0.551. The van der Waals surface area contributed by atoms with Gasteiger partial charge >= 0.3 is 0 Å². The minimum Gasteiger partial charge on any atom is -0.328 e. The van der Waals surface area contributed by atoms with Crippen molar-refractivity contribution in [2.24, 2.45) is 5.73 Å². The summed E-state index contributed by atoms with van der Waals surface area (Å²) in [5, 5.41) is 3.37. The summed E-state index contributed by atoms with van der Waals surface area (Å²) in [6.07, 6.45) is 5.03. The Kier molecular flexibility index (Phi) is 7.96. The van der Waals surface area contributed by atoms with Crippen LogP contribution in [0.3, 0.4) is 0 Å². The van der Waals surface area contributed by atoms with Crippen molar-refractivity contribution in [2.45, 2.75) is 45.6 Å². The molecule has 3 N–H and O–H groups in total. The van der Waals surface area contributed by atoms with Gasteiger partial charge in [-0.05, 0) is 32.9 Å². The molecule has 0 rings (SSSR count). The third-order valence-electron chi connectivity index (χ3n) is 1.73. The Hall–Kier alpha value is -0.0800. The fourth-order valence-electron chi connectivity index (χ4n) is 0.955. The van der Waals surface area contributed by atoms with Gasteiger partial charge in [0, 0.05) is 6.04 Å². The highest BCUT2D eigenvalue weighted by molar-refractivity contribution is 4.55. The minimum atomic E-state index is 0.341. The summed E-state index contributed by atoms with van der Waals surface area (Å²) in [6, 6.07) is 0.341. The van der Waals surface area contributed by atoms with Crippen molar-refractivity contribution >= 4 is 0 Å². The first-order valence-electron chi connectivity index (χ1n) is 4.73. The molecule has 68 valence electrons. The highest BCUT2D eigenvalue weighted by atomic mass is 14.8. The first-order chi connectivity index (χ1) is 5.27. The van der Waals surface area contributed by atoms with Gasteiger partial charge in [-0.2, -0.15) is 0 Å². The lowest BCUT2D eigenvalue weighted by Crippen LogP contribution is -2.24. The molecule has 0 aliphatic rings. The van der Waals surface area contributed by atoms with Gasteiger partial charge < -0.3 is 11.1 Å². The van der Waals surface area contributed by atoms with E-state index in [0.29, 0.717) is 6.04 Å². The zero-order valence-corrected chi connectivity index (χ0v) is 7.90. The number of rotatable bonds is 7. The molecule has 0 aliphatic carbocycles. The molecule has 11 heavy (non-hydrogen) atoms. The minimum absolute atomic E-state index is 0.341. The summed E-state index contributed by atoms with van der Waals surface area (Å²) < 4.78 is 0. The predicted molar refractivity (Wildman–Crippen MR) is 50.7 cm³/mol. The molecule has 0 bridgehead atoms. The summed E-state index contributed by atoms with van der Waals surface area (Å²) in [5.41, 5.74) is 5.59. The van der Waals surface area contributed by atoms with E-state index < -0.39 is 0 Å². The standard InChI is InChI=1S/C9H22N2/c1-3-4-5-7-11-8-6-9(2)10/h9,11H,3-8,10H2,1-2H3/t9-/m0/s1. The number of unbranched alkanes of at least 4 members (excludes halogenated alkanes) is 2. The molecule has 0 heterocycles. The molecule has 0 spiro atoms. The van der Waals surface area contributed by atoms with E-state index in [2.05, 4.69) is 12.2 Å². The number of hydrogen-bond acceptors (Lipinski definition) is 2. The molecule has 0 fully saturated rings. The molecule has 0 amide bonds. The van der Waals surface area contributed by atoms with Crippen LogP contribution < -0.4 is 11.1 Å². The molecule has 0 aromatic rings. The molecular weight excluding hydrogens is 136 g/mol. The second-order valence-corrected chi connectivity index (χ2v) is 3.22. The van der Waals surface area contributed by atoms with Crippen LogP contribution in [0.4, 0.5) is 0 Å². The Balaban J connectivity index is 2.80. The zero-order valence-electron chi connectivity index (χ0n) is 7.90. The van der Waals surface area contributed by atoms with Gasteiger partial charge in [-0.1, -0.05) is 19.8 Å². The van der Waals surface area contributed by atoms with Gasteiger partial charge in [0.15, 0.2) is 0 Å². The summed E-state index contributed by atoms with van der Waals surface area (Å²) in [6.45, 7) is 6.50. The number of nitrogens with two attached hydrogens (primary N) is 1. The van der Waals surface area contributed by atoms with Crippen LogP contribution in [-0.2, 0) is 0 Å². The molecule has 1 atom stereocenters. The summed E-state index contributed by atoms with van der Waals surface area (Å²) in [4.78, 5) is 0. The van der Waals surface area contributed by atoms with Gasteiger partial charge in [0.2, 0.25) is 0 Å². The average molecular weight is 158 g/mol. The van der Waals surface area contributed by atoms with Crippen molar-refractivity contribution in [3.8, 4) is 0 Å². The van der Waals surface area contributed by atoms with E-state index >= 15 is 0 Å². The van der Waals surface area contributed by atoms with Crippen molar-refractivity contribution < 1.29 is 0 Å². The Morgan fingerprint density at radius 3 is 2.55 bits per heavy atom. The highest BCUT2D eigenvalue weighted by Gasteiger charge is 1.92. The maximum atomic E-state index is 5.59. The fraction of sp³-hybridized carbons (Fsp3) is 1.00. The van der Waals surface area contributed by atoms with Crippen molar-refractivity contribution in [3.63, 3.8) is 0 Å². The molecule has 0 saturated heterocycles. The zero-order chi connectivity index (χ0) is 8.53. The lowest BCUT2D eigenvalue weighted by atomic mass is 10.2. The van der Waals surface area contributed by atoms with Gasteiger partial charge in [-0.15, -0.1) is 0 Å². The SMILES string of the molecule is CCCCCNCC[C@H](C)N. The van der Waals surface area contributed by atoms with E-state index in [1.165, 1.54) is 19.3 Å². The molecular formula is C9H22N2. The molecule has 0 unspecified atom stereocenters. The molecule has 0 aliphatic heterocycles. The van der Waals surface area contributed by atoms with Crippen molar-refractivity contribution in [2.75, 3.05) is 13.1 Å². The topological polar surface area (TPSA) is 38.0 Å². The van der Waals surface area contributed by atoms with E-state index in [4.69, 9.17) is 5.73 Å². The van der Waals surface area contributed by atoms with Crippen LogP contribution in [0.25, 0.3) is 0 Å². The normalized spacial score (nSPS) is 13.4. The van der Waals surface area contributed by atoms with Crippen LogP contribution in [-0.4, -0.2) is 19.1 Å². The monoisotopic (exact) mass is 158 g/mol. The Labute approximate surface area is 70.5 Å². The Morgan fingerprint density at radius 2 is 2.00 bits per heavy atom. The lowest BCUT2D eigenvalue weighted by Gasteiger charge is -2.05. The van der Waals surface area contributed by atoms with Crippen LogP contribution >= 0.6 is 0 Å². The number of hydrogen-bond donors (Lipinski definition) is 2. The molecule has 0 saturated carbocycles. The maximum absolute atomic E-state index is 5.59. The summed E-state index contributed by atoms with van der Waals surface area (Å²) >= 11 is 0. The van der Waals surface area contributed by atoms with E-state index in [9.17, 15) is 0 Å². The molecule has 0 aromatic heterocycles. The van der Waals surface area contributed by atoms with Crippen LogP contribution in [0.5, 0.6) is 0 Å². The van der Waals surface area contributed by atoms with Gasteiger partial charge in [-0.25, -0.2) is 0 Å². The van der Waals surface area contributed by atoms with E-state index in [1.807, 2.05) is 6.92 Å². The predicted octanol–water partition coefficient (Wildman–Crippen LogP) is 1.50. The van der Waals surface area contributed by atoms with Crippen LogP contribution in [0.1, 0.15) is 39.5 Å². The third-order valence-corrected chi connectivity index (χ3v) is 1.73. The highest BCUT2D eigenvalue weighted by Crippen LogP contribution is 1.91. The lowest BCUT2D eigenvalue weighted by molar-refractivity contribution is 0.565. The largest absolute Gasteiger partial charge is 0.328 e. The van der Waals surface area contributed by atoms with Crippen molar-refractivity contribution in [3.05, 3.63) is 0 Å². The number of nitrogens with one attached hydrogen (secondary N) is 1. The van der Waals surface area contributed by atoms with Crippen molar-refractivity contribution in [1.82, 2.24) is 5.32 Å². The fourth-order valence-corrected chi connectivity index (χ4v) is 0.955. The first-order valence-corrected chi connectivity index (χ1v) is 4.73. The smallest absolute Gasteiger partial charge is 0.00225 e. The van der Waals surface area contributed by atoms with Gasteiger partial charge in [0.25, 0.3) is 0 Å². The maximum Gasteiger partial charge on any atom is 0.00225 e. The van der Waals surface area contributed by atoms with Crippen LogP contribution in [0, 0.1) is 0 Å². The average Bonchev–Trinajstić information content (AvgIpc) is 1.96. The molecule has 2 nitrogen and oxygen atoms in total. The Morgan fingerprint density at radius 1 is 1.27 bits per heavy atom.